The Labute approximate surface area is 156 Å². The van der Waals surface area contributed by atoms with E-state index in [1.165, 1.54) is 5.56 Å². The first kappa shape index (κ1) is 15.8. The van der Waals surface area contributed by atoms with Crippen LogP contribution in [0.5, 0.6) is 0 Å². The zero-order valence-electron chi connectivity index (χ0n) is 15.2. The molecule has 0 aliphatic carbocycles. The molecular weight excluding hydrogens is 334 g/mol. The highest BCUT2D eigenvalue weighted by Gasteiger charge is 2.14. The molecule has 0 aliphatic rings. The SMILES string of the molecule is CC(C)c1cccc(Nc2nc3cnccc3c3c2[nH]c2cnccc23)c1. The van der Waals surface area contributed by atoms with Crippen molar-refractivity contribution in [2.75, 3.05) is 5.32 Å². The van der Waals surface area contributed by atoms with Crippen molar-refractivity contribution in [2.24, 2.45) is 0 Å². The summed E-state index contributed by atoms with van der Waals surface area (Å²) < 4.78 is 0. The summed E-state index contributed by atoms with van der Waals surface area (Å²) in [6.07, 6.45) is 7.29. The molecule has 5 nitrogen and oxygen atoms in total. The fraction of sp³-hybridized carbons (Fsp3) is 0.136. The molecule has 27 heavy (non-hydrogen) atoms. The van der Waals surface area contributed by atoms with E-state index in [0.717, 1.165) is 44.2 Å². The molecule has 0 amide bonds. The Hall–Kier alpha value is -3.47. The number of anilines is 2. The van der Waals surface area contributed by atoms with Gasteiger partial charge in [0.1, 0.15) is 0 Å². The van der Waals surface area contributed by atoms with Crippen molar-refractivity contribution in [2.45, 2.75) is 19.8 Å². The van der Waals surface area contributed by atoms with Crippen molar-refractivity contribution in [3.8, 4) is 0 Å². The molecule has 0 spiro atoms. The summed E-state index contributed by atoms with van der Waals surface area (Å²) in [4.78, 5) is 16.8. The lowest BCUT2D eigenvalue weighted by Crippen LogP contribution is -1.97. The molecule has 5 rings (SSSR count). The molecule has 132 valence electrons. The van der Waals surface area contributed by atoms with E-state index in [4.69, 9.17) is 4.98 Å². The van der Waals surface area contributed by atoms with Gasteiger partial charge < -0.3 is 10.3 Å². The van der Waals surface area contributed by atoms with Gasteiger partial charge in [-0.1, -0.05) is 26.0 Å². The number of aromatic nitrogens is 4. The standard InChI is InChI=1S/C22H19N5/c1-13(2)14-4-3-5-15(10-14)25-22-21-20(16-6-8-23-11-18(16)26-21)17-7-9-24-12-19(17)27-22/h3-13,26H,1-2H3,(H,25,27). The Morgan fingerprint density at radius 1 is 0.963 bits per heavy atom. The first-order valence-corrected chi connectivity index (χ1v) is 9.07. The number of H-pyrrole nitrogens is 1. The molecule has 1 aromatic carbocycles. The van der Waals surface area contributed by atoms with E-state index < -0.39 is 0 Å². The normalized spacial score (nSPS) is 11.7. The number of hydrogen-bond acceptors (Lipinski definition) is 4. The molecule has 0 aliphatic heterocycles. The minimum atomic E-state index is 0.472. The van der Waals surface area contributed by atoms with Crippen molar-refractivity contribution in [3.05, 3.63) is 66.7 Å². The molecule has 2 N–H and O–H groups in total. The van der Waals surface area contributed by atoms with Crippen molar-refractivity contribution in [1.82, 2.24) is 19.9 Å². The first-order chi connectivity index (χ1) is 13.2. The second-order valence-corrected chi connectivity index (χ2v) is 7.05. The van der Waals surface area contributed by atoms with Crippen LogP contribution in [0.15, 0.2) is 61.2 Å². The minimum Gasteiger partial charge on any atom is -0.350 e. The Kier molecular flexibility index (Phi) is 3.53. The van der Waals surface area contributed by atoms with Gasteiger partial charge in [0, 0.05) is 34.2 Å². The number of benzene rings is 1. The molecular formula is C22H19N5. The molecule has 4 aromatic heterocycles. The summed E-state index contributed by atoms with van der Waals surface area (Å²) in [5.74, 6) is 1.27. The van der Waals surface area contributed by atoms with Gasteiger partial charge in [0.15, 0.2) is 5.82 Å². The average Bonchev–Trinajstić information content (AvgIpc) is 3.08. The zero-order valence-corrected chi connectivity index (χ0v) is 15.2. The second-order valence-electron chi connectivity index (χ2n) is 7.05. The van der Waals surface area contributed by atoms with Crippen LogP contribution in [0.2, 0.25) is 0 Å². The van der Waals surface area contributed by atoms with E-state index >= 15 is 0 Å². The van der Waals surface area contributed by atoms with E-state index in [-0.39, 0.29) is 0 Å². The number of pyridine rings is 3. The van der Waals surface area contributed by atoms with Crippen LogP contribution < -0.4 is 5.32 Å². The van der Waals surface area contributed by atoms with Crippen LogP contribution >= 0.6 is 0 Å². The highest BCUT2D eigenvalue weighted by molar-refractivity contribution is 6.21. The number of nitrogens with zero attached hydrogens (tertiary/aromatic N) is 3. The molecule has 0 saturated heterocycles. The number of fused-ring (bicyclic) bond motifs is 5. The van der Waals surface area contributed by atoms with E-state index in [9.17, 15) is 0 Å². The number of hydrogen-bond donors (Lipinski definition) is 2. The summed E-state index contributed by atoms with van der Waals surface area (Å²) in [5.41, 5.74) is 5.16. The highest BCUT2D eigenvalue weighted by Crippen LogP contribution is 2.35. The molecule has 0 unspecified atom stereocenters. The van der Waals surface area contributed by atoms with Crippen molar-refractivity contribution in [3.63, 3.8) is 0 Å². The summed E-state index contributed by atoms with van der Waals surface area (Å²) in [7, 11) is 0. The maximum Gasteiger partial charge on any atom is 0.155 e. The molecule has 4 heterocycles. The number of rotatable bonds is 3. The Bertz CT molecular complexity index is 1290. The van der Waals surface area contributed by atoms with Crippen molar-refractivity contribution >= 4 is 44.2 Å². The van der Waals surface area contributed by atoms with Gasteiger partial charge in [0.2, 0.25) is 0 Å². The predicted octanol–water partition coefficient (Wildman–Crippen LogP) is 5.53. The molecule has 0 fully saturated rings. The van der Waals surface area contributed by atoms with Gasteiger partial charge >= 0.3 is 0 Å². The Morgan fingerprint density at radius 2 is 1.78 bits per heavy atom. The summed E-state index contributed by atoms with van der Waals surface area (Å²) >= 11 is 0. The molecule has 5 heteroatoms. The van der Waals surface area contributed by atoms with Crippen LogP contribution in [0.4, 0.5) is 11.5 Å². The molecule has 0 atom stereocenters. The zero-order chi connectivity index (χ0) is 18.4. The first-order valence-electron chi connectivity index (χ1n) is 9.07. The quantitative estimate of drug-likeness (QED) is 0.448. The Balaban J connectivity index is 1.77. The van der Waals surface area contributed by atoms with Gasteiger partial charge in [-0.3, -0.25) is 9.97 Å². The summed E-state index contributed by atoms with van der Waals surface area (Å²) in [6, 6.07) is 12.5. The highest BCUT2D eigenvalue weighted by atomic mass is 15.0. The van der Waals surface area contributed by atoms with Crippen LogP contribution in [0.3, 0.4) is 0 Å². The number of aromatic amines is 1. The lowest BCUT2D eigenvalue weighted by molar-refractivity contribution is 0.867. The topological polar surface area (TPSA) is 66.5 Å². The largest absolute Gasteiger partial charge is 0.350 e. The van der Waals surface area contributed by atoms with E-state index in [0.29, 0.717) is 5.92 Å². The lowest BCUT2D eigenvalue weighted by atomic mass is 10.0. The third kappa shape index (κ3) is 2.59. The van der Waals surface area contributed by atoms with Crippen LogP contribution in [-0.4, -0.2) is 19.9 Å². The van der Waals surface area contributed by atoms with Crippen LogP contribution in [0.25, 0.3) is 32.7 Å². The van der Waals surface area contributed by atoms with Crippen LogP contribution in [-0.2, 0) is 0 Å². The maximum absolute atomic E-state index is 4.84. The molecule has 5 aromatic rings. The minimum absolute atomic E-state index is 0.472. The van der Waals surface area contributed by atoms with Gasteiger partial charge in [-0.25, -0.2) is 4.98 Å². The number of nitrogens with one attached hydrogen (secondary N) is 2. The van der Waals surface area contributed by atoms with Gasteiger partial charge in [-0.05, 0) is 35.7 Å². The van der Waals surface area contributed by atoms with E-state index in [1.807, 2.05) is 36.9 Å². The monoisotopic (exact) mass is 353 g/mol. The van der Waals surface area contributed by atoms with E-state index in [1.54, 1.807) is 0 Å². The molecule has 0 radical (unpaired) electrons. The third-order valence-electron chi connectivity index (χ3n) is 4.95. The maximum atomic E-state index is 4.84. The van der Waals surface area contributed by atoms with Crippen molar-refractivity contribution < 1.29 is 0 Å². The lowest BCUT2D eigenvalue weighted by Gasteiger charge is -2.12. The molecule has 0 bridgehead atoms. The van der Waals surface area contributed by atoms with Gasteiger partial charge in [-0.2, -0.15) is 0 Å². The van der Waals surface area contributed by atoms with E-state index in [2.05, 4.69) is 58.4 Å². The predicted molar refractivity (Wildman–Crippen MR) is 111 cm³/mol. The van der Waals surface area contributed by atoms with Gasteiger partial charge in [0.25, 0.3) is 0 Å². The van der Waals surface area contributed by atoms with Crippen LogP contribution in [0.1, 0.15) is 25.3 Å². The van der Waals surface area contributed by atoms with Crippen LogP contribution in [0, 0.1) is 0 Å². The second kappa shape index (κ2) is 6.06. The fourth-order valence-electron chi connectivity index (χ4n) is 3.57. The third-order valence-corrected chi connectivity index (χ3v) is 4.95. The van der Waals surface area contributed by atoms with Crippen molar-refractivity contribution in [1.29, 1.82) is 0 Å². The Morgan fingerprint density at radius 3 is 2.63 bits per heavy atom. The van der Waals surface area contributed by atoms with Gasteiger partial charge in [0.05, 0.1) is 28.9 Å². The fourth-order valence-corrected chi connectivity index (χ4v) is 3.57. The summed E-state index contributed by atoms with van der Waals surface area (Å²) in [5, 5.41) is 6.86. The average molecular weight is 353 g/mol. The summed E-state index contributed by atoms with van der Waals surface area (Å²) in [6.45, 7) is 4.39. The van der Waals surface area contributed by atoms with Gasteiger partial charge in [-0.15, -0.1) is 0 Å². The smallest absolute Gasteiger partial charge is 0.155 e. The molecule has 0 saturated carbocycles.